The molecular formula is C8H15OP. The molecule has 0 aromatic rings. The van der Waals surface area contributed by atoms with Crippen molar-refractivity contribution in [1.82, 2.24) is 0 Å². The lowest BCUT2D eigenvalue weighted by molar-refractivity contribution is 0.580. The molecule has 0 amide bonds. The highest BCUT2D eigenvalue weighted by molar-refractivity contribution is 7.64. The molecule has 1 aliphatic heterocycles. The Morgan fingerprint density at radius 3 is 1.90 bits per heavy atom. The minimum Gasteiger partial charge on any atom is -0.323 e. The highest BCUT2D eigenvalue weighted by Gasteiger charge is 2.27. The van der Waals surface area contributed by atoms with Crippen molar-refractivity contribution >= 4 is 7.14 Å². The minimum absolute atomic E-state index is 0.877. The van der Waals surface area contributed by atoms with Crippen LogP contribution in [0.4, 0.5) is 0 Å². The van der Waals surface area contributed by atoms with E-state index in [2.05, 4.69) is 13.8 Å². The summed E-state index contributed by atoms with van der Waals surface area (Å²) in [6.45, 7) is 6.24. The topological polar surface area (TPSA) is 17.1 Å². The highest BCUT2D eigenvalue weighted by Crippen LogP contribution is 2.53. The molecule has 0 bridgehead atoms. The van der Waals surface area contributed by atoms with Crippen molar-refractivity contribution in [2.24, 2.45) is 0 Å². The van der Waals surface area contributed by atoms with E-state index in [1.807, 2.05) is 6.92 Å². The van der Waals surface area contributed by atoms with Gasteiger partial charge in [-0.1, -0.05) is 18.1 Å². The first-order chi connectivity index (χ1) is 4.57. The van der Waals surface area contributed by atoms with Crippen LogP contribution in [-0.2, 0) is 4.57 Å². The van der Waals surface area contributed by atoms with E-state index in [4.69, 9.17) is 0 Å². The second-order valence-corrected chi connectivity index (χ2v) is 6.63. The summed E-state index contributed by atoms with van der Waals surface area (Å²) in [5, 5.41) is 0. The zero-order valence-corrected chi connectivity index (χ0v) is 7.87. The van der Waals surface area contributed by atoms with Crippen LogP contribution in [0, 0.1) is 0 Å². The van der Waals surface area contributed by atoms with Gasteiger partial charge in [0.25, 0.3) is 0 Å². The van der Waals surface area contributed by atoms with Crippen molar-refractivity contribution < 1.29 is 4.57 Å². The maximum atomic E-state index is 11.8. The molecule has 0 saturated carbocycles. The summed E-state index contributed by atoms with van der Waals surface area (Å²) in [6, 6.07) is 0. The standard InChI is InChI=1S/C8H15OP/c1-4-10(9)5-7(2)8(3)6-10/h4-6H2,1-3H3. The fourth-order valence-electron chi connectivity index (χ4n) is 1.41. The van der Waals surface area contributed by atoms with Crippen LogP contribution in [0.3, 0.4) is 0 Å². The zero-order chi connectivity index (χ0) is 7.78. The van der Waals surface area contributed by atoms with Crippen LogP contribution < -0.4 is 0 Å². The van der Waals surface area contributed by atoms with Gasteiger partial charge in [0.2, 0.25) is 0 Å². The van der Waals surface area contributed by atoms with Gasteiger partial charge in [-0.05, 0) is 20.0 Å². The molecule has 1 heterocycles. The molecule has 1 nitrogen and oxygen atoms in total. The van der Waals surface area contributed by atoms with Gasteiger partial charge in [0.1, 0.15) is 0 Å². The van der Waals surface area contributed by atoms with E-state index in [1.165, 1.54) is 11.1 Å². The summed E-state index contributed by atoms with van der Waals surface area (Å²) in [4.78, 5) is 0. The summed E-state index contributed by atoms with van der Waals surface area (Å²) < 4.78 is 11.8. The maximum Gasteiger partial charge on any atom is 0.0951 e. The molecular weight excluding hydrogens is 143 g/mol. The van der Waals surface area contributed by atoms with Gasteiger partial charge in [-0.2, -0.15) is 0 Å². The quantitative estimate of drug-likeness (QED) is 0.423. The lowest BCUT2D eigenvalue weighted by atomic mass is 10.2. The van der Waals surface area contributed by atoms with Crippen molar-refractivity contribution in [3.63, 3.8) is 0 Å². The molecule has 0 unspecified atom stereocenters. The molecule has 0 saturated heterocycles. The second kappa shape index (κ2) is 2.54. The van der Waals surface area contributed by atoms with Gasteiger partial charge in [-0.3, -0.25) is 0 Å². The van der Waals surface area contributed by atoms with Crippen LogP contribution in [0.25, 0.3) is 0 Å². The van der Waals surface area contributed by atoms with E-state index >= 15 is 0 Å². The van der Waals surface area contributed by atoms with Crippen LogP contribution in [0.15, 0.2) is 11.1 Å². The lowest BCUT2D eigenvalue weighted by Crippen LogP contribution is -1.88. The Balaban J connectivity index is 2.76. The Bertz CT molecular complexity index is 197. The summed E-state index contributed by atoms with van der Waals surface area (Å²) in [6.07, 6.45) is 2.65. The molecule has 0 aromatic heterocycles. The smallest absolute Gasteiger partial charge is 0.0951 e. The Hall–Kier alpha value is -0.0300. The molecule has 58 valence electrons. The first-order valence-corrected chi connectivity index (χ1v) is 6.06. The van der Waals surface area contributed by atoms with E-state index in [-0.39, 0.29) is 0 Å². The Kier molecular flexibility index (Phi) is 2.05. The van der Waals surface area contributed by atoms with Crippen LogP contribution in [-0.4, -0.2) is 18.5 Å². The number of allylic oxidation sites excluding steroid dienone is 2. The fraction of sp³-hybridized carbons (Fsp3) is 0.750. The molecule has 0 fully saturated rings. The van der Waals surface area contributed by atoms with Gasteiger partial charge >= 0.3 is 0 Å². The molecule has 1 aliphatic rings. The van der Waals surface area contributed by atoms with Crippen LogP contribution in [0.5, 0.6) is 0 Å². The molecule has 0 atom stereocenters. The van der Waals surface area contributed by atoms with Crippen LogP contribution >= 0.6 is 7.14 Å². The summed E-state index contributed by atoms with van der Waals surface area (Å²) >= 11 is 0. The number of rotatable bonds is 1. The van der Waals surface area contributed by atoms with E-state index in [0.717, 1.165) is 18.5 Å². The van der Waals surface area contributed by atoms with Crippen molar-refractivity contribution in [3.05, 3.63) is 11.1 Å². The van der Waals surface area contributed by atoms with Gasteiger partial charge in [-0.25, -0.2) is 0 Å². The predicted octanol–water partition coefficient (Wildman–Crippen LogP) is 2.72. The third kappa shape index (κ3) is 1.34. The molecule has 0 spiro atoms. The van der Waals surface area contributed by atoms with Crippen molar-refractivity contribution in [1.29, 1.82) is 0 Å². The molecule has 0 N–H and O–H groups in total. The molecule has 0 aliphatic carbocycles. The van der Waals surface area contributed by atoms with Gasteiger partial charge in [-0.15, -0.1) is 0 Å². The van der Waals surface area contributed by atoms with Crippen LogP contribution in [0.1, 0.15) is 20.8 Å². The minimum atomic E-state index is -1.74. The monoisotopic (exact) mass is 158 g/mol. The highest BCUT2D eigenvalue weighted by atomic mass is 31.2. The van der Waals surface area contributed by atoms with Gasteiger partial charge in [0, 0.05) is 12.3 Å². The zero-order valence-electron chi connectivity index (χ0n) is 6.98. The van der Waals surface area contributed by atoms with E-state index in [9.17, 15) is 4.57 Å². The summed E-state index contributed by atoms with van der Waals surface area (Å²) in [5.74, 6) is 0. The van der Waals surface area contributed by atoms with E-state index in [1.54, 1.807) is 0 Å². The van der Waals surface area contributed by atoms with Crippen molar-refractivity contribution in [3.8, 4) is 0 Å². The molecule has 0 aromatic carbocycles. The van der Waals surface area contributed by atoms with Gasteiger partial charge in [0.05, 0.1) is 7.14 Å². The average molecular weight is 158 g/mol. The average Bonchev–Trinajstić information content (AvgIpc) is 2.10. The SMILES string of the molecule is CCP1(=O)CC(C)=C(C)C1. The van der Waals surface area contributed by atoms with Gasteiger partial charge in [0.15, 0.2) is 0 Å². The second-order valence-electron chi connectivity index (χ2n) is 3.25. The van der Waals surface area contributed by atoms with E-state index < -0.39 is 7.14 Å². The first kappa shape index (κ1) is 8.07. The third-order valence-electron chi connectivity index (χ3n) is 2.36. The van der Waals surface area contributed by atoms with Crippen molar-refractivity contribution in [2.45, 2.75) is 20.8 Å². The largest absolute Gasteiger partial charge is 0.323 e. The fourth-order valence-corrected chi connectivity index (χ4v) is 4.24. The van der Waals surface area contributed by atoms with Gasteiger partial charge < -0.3 is 4.57 Å². The normalized spacial score (nSPS) is 23.9. The molecule has 10 heavy (non-hydrogen) atoms. The molecule has 0 radical (unpaired) electrons. The lowest BCUT2D eigenvalue weighted by Gasteiger charge is -2.06. The van der Waals surface area contributed by atoms with Crippen LogP contribution in [0.2, 0.25) is 0 Å². The molecule has 1 rings (SSSR count). The Morgan fingerprint density at radius 1 is 1.30 bits per heavy atom. The maximum absolute atomic E-state index is 11.8. The van der Waals surface area contributed by atoms with E-state index in [0.29, 0.717) is 0 Å². The summed E-state index contributed by atoms with van der Waals surface area (Å²) in [7, 11) is -1.74. The molecule has 2 heteroatoms. The first-order valence-electron chi connectivity index (χ1n) is 3.80. The number of hydrogen-bond donors (Lipinski definition) is 0. The Labute approximate surface area is 62.9 Å². The Morgan fingerprint density at radius 2 is 1.70 bits per heavy atom. The number of hydrogen-bond acceptors (Lipinski definition) is 1. The predicted molar refractivity (Wildman–Crippen MR) is 46.3 cm³/mol. The summed E-state index contributed by atoms with van der Waals surface area (Å²) in [5.41, 5.74) is 2.73. The van der Waals surface area contributed by atoms with Crippen molar-refractivity contribution in [2.75, 3.05) is 18.5 Å². The third-order valence-corrected chi connectivity index (χ3v) is 5.61.